The van der Waals surface area contributed by atoms with E-state index in [9.17, 15) is 10.5 Å². The lowest BCUT2D eigenvalue weighted by Crippen LogP contribution is -2.12. The number of rotatable bonds is 6. The third-order valence-corrected chi connectivity index (χ3v) is 10.9. The van der Waals surface area contributed by atoms with Gasteiger partial charge in [-0.05, 0) is 125 Å². The summed E-state index contributed by atoms with van der Waals surface area (Å²) in [6.07, 6.45) is 12.6. The lowest BCUT2D eigenvalue weighted by molar-refractivity contribution is 0.589. The molecule has 0 aliphatic heterocycles. The zero-order valence-corrected chi connectivity index (χ0v) is 29.6. The summed E-state index contributed by atoms with van der Waals surface area (Å²) in [6.45, 7) is 20.1. The molecule has 240 valence electrons. The van der Waals surface area contributed by atoms with Crippen molar-refractivity contribution in [3.05, 3.63) is 99.1 Å². The monoisotopic (exact) mass is 627 g/mol. The Morgan fingerprint density at radius 2 is 1.58 bits per heavy atom. The van der Waals surface area contributed by atoms with E-state index in [1.165, 1.54) is 66.0 Å². The SMILES string of the molecule is C=Cc1c(C#N)cc2c(c1C(C)CCCC)c1cc(-c3c(C)cc(C(C)(C)C)cc3C)cc3c4c5c(c(C#N)cc4n2c31)CCCC=C5. The van der Waals surface area contributed by atoms with Crippen LogP contribution in [0.4, 0.5) is 0 Å². The molecular weight excluding hydrogens is 583 g/mol. The van der Waals surface area contributed by atoms with Gasteiger partial charge >= 0.3 is 0 Å². The summed E-state index contributed by atoms with van der Waals surface area (Å²) < 4.78 is 2.37. The van der Waals surface area contributed by atoms with E-state index in [1.54, 1.807) is 0 Å². The number of nitriles is 2. The molecule has 3 nitrogen and oxygen atoms in total. The summed E-state index contributed by atoms with van der Waals surface area (Å²) in [5, 5.41) is 25.8. The normalized spacial score (nSPS) is 14.0. The van der Waals surface area contributed by atoms with Gasteiger partial charge in [-0.15, -0.1) is 0 Å². The summed E-state index contributed by atoms with van der Waals surface area (Å²) in [5.74, 6) is 0.248. The van der Waals surface area contributed by atoms with Crippen LogP contribution in [-0.2, 0) is 11.8 Å². The number of hydrogen-bond donors (Lipinski definition) is 0. The van der Waals surface area contributed by atoms with Crippen LogP contribution in [0.3, 0.4) is 0 Å². The summed E-state index contributed by atoms with van der Waals surface area (Å²) >= 11 is 0. The Labute approximate surface area is 285 Å². The maximum absolute atomic E-state index is 10.5. The van der Waals surface area contributed by atoms with E-state index < -0.39 is 0 Å². The van der Waals surface area contributed by atoms with E-state index in [0.717, 1.165) is 66.2 Å². The van der Waals surface area contributed by atoms with Crippen molar-refractivity contribution in [1.29, 1.82) is 10.5 Å². The van der Waals surface area contributed by atoms with Gasteiger partial charge in [0.2, 0.25) is 0 Å². The minimum atomic E-state index is 0.0594. The average molecular weight is 628 g/mol. The molecule has 0 amide bonds. The van der Waals surface area contributed by atoms with Gasteiger partial charge in [0.15, 0.2) is 0 Å². The Morgan fingerprint density at radius 1 is 0.938 bits per heavy atom. The number of benzene rings is 4. The van der Waals surface area contributed by atoms with Crippen molar-refractivity contribution >= 4 is 50.2 Å². The molecular formula is C45H45N3. The van der Waals surface area contributed by atoms with Crippen molar-refractivity contribution in [2.45, 2.75) is 98.3 Å². The van der Waals surface area contributed by atoms with Crippen molar-refractivity contribution in [2.75, 3.05) is 0 Å². The van der Waals surface area contributed by atoms with Gasteiger partial charge in [0.05, 0.1) is 39.8 Å². The number of aryl methyl sites for hydroxylation is 2. The third kappa shape index (κ3) is 4.67. The molecule has 6 aromatic rings. The van der Waals surface area contributed by atoms with Gasteiger partial charge in [-0.2, -0.15) is 10.5 Å². The molecule has 0 bridgehead atoms. The predicted molar refractivity (Wildman–Crippen MR) is 204 cm³/mol. The molecule has 0 saturated heterocycles. The van der Waals surface area contributed by atoms with Crippen LogP contribution in [0, 0.1) is 36.5 Å². The topological polar surface area (TPSA) is 52.0 Å². The minimum absolute atomic E-state index is 0.0594. The van der Waals surface area contributed by atoms with Crippen molar-refractivity contribution in [3.63, 3.8) is 0 Å². The number of aromatic nitrogens is 1. The fourth-order valence-electron chi connectivity index (χ4n) is 8.61. The molecule has 0 fully saturated rings. The Morgan fingerprint density at radius 3 is 2.21 bits per heavy atom. The van der Waals surface area contributed by atoms with Crippen LogP contribution in [0.2, 0.25) is 0 Å². The van der Waals surface area contributed by atoms with Crippen molar-refractivity contribution in [3.8, 4) is 23.3 Å². The highest BCUT2D eigenvalue weighted by atomic mass is 14.9. The molecule has 3 heteroatoms. The summed E-state index contributed by atoms with van der Waals surface area (Å²) in [6, 6.07) is 18.8. The largest absolute Gasteiger partial charge is 0.308 e. The van der Waals surface area contributed by atoms with Crippen LogP contribution in [0.15, 0.2) is 49.1 Å². The quantitative estimate of drug-likeness (QED) is 0.184. The lowest BCUT2D eigenvalue weighted by Gasteiger charge is -2.23. The maximum atomic E-state index is 10.5. The van der Waals surface area contributed by atoms with E-state index in [-0.39, 0.29) is 11.3 Å². The standard InChI is InChI=1S/C45H45N3/c1-9-11-15-26(3)41-33(10-2)30(24-46)22-39-43(41)37-21-29(40-27(4)18-32(19-28(40)5)45(6,7)8)20-36-42-35-17-14-12-13-16-34(35)31(25-47)23-38(42)48(39)44(36)37/h10,14,17-23,26H,2,9,11-13,15-16H2,1,3-8H3. The van der Waals surface area contributed by atoms with Crippen molar-refractivity contribution in [2.24, 2.45) is 0 Å². The molecule has 0 saturated carbocycles. The summed E-state index contributed by atoms with van der Waals surface area (Å²) in [7, 11) is 0. The highest BCUT2D eigenvalue weighted by Crippen LogP contribution is 2.49. The zero-order valence-electron chi connectivity index (χ0n) is 29.6. The second-order valence-electron chi connectivity index (χ2n) is 15.1. The maximum Gasteiger partial charge on any atom is 0.0998 e. The van der Waals surface area contributed by atoms with E-state index >= 15 is 0 Å². The van der Waals surface area contributed by atoms with Gasteiger partial charge in [-0.3, -0.25) is 0 Å². The van der Waals surface area contributed by atoms with Gasteiger partial charge in [0, 0.05) is 21.5 Å². The molecule has 1 aliphatic rings. The van der Waals surface area contributed by atoms with E-state index in [2.05, 4.69) is 120 Å². The van der Waals surface area contributed by atoms with E-state index in [0.29, 0.717) is 5.56 Å². The van der Waals surface area contributed by atoms with Crippen LogP contribution >= 0.6 is 0 Å². The first kappa shape index (κ1) is 31.7. The van der Waals surface area contributed by atoms with Gasteiger partial charge < -0.3 is 4.40 Å². The van der Waals surface area contributed by atoms with Crippen LogP contribution in [0.1, 0.15) is 123 Å². The average Bonchev–Trinajstić information content (AvgIpc) is 3.43. The highest BCUT2D eigenvalue weighted by Gasteiger charge is 2.28. The van der Waals surface area contributed by atoms with Gasteiger partial charge in [-0.1, -0.05) is 84.4 Å². The molecule has 1 unspecified atom stereocenters. The predicted octanol–water partition coefficient (Wildman–Crippen LogP) is 12.4. The second-order valence-corrected chi connectivity index (χ2v) is 15.1. The Kier molecular flexibility index (Phi) is 7.72. The number of unbranched alkanes of at least 4 members (excludes halogenated alkanes) is 1. The summed E-state index contributed by atoms with van der Waals surface area (Å²) in [5.41, 5.74) is 15.6. The molecule has 4 aromatic carbocycles. The van der Waals surface area contributed by atoms with Crippen LogP contribution in [0.25, 0.3) is 61.4 Å². The third-order valence-electron chi connectivity index (χ3n) is 10.9. The Bertz CT molecular complexity index is 2390. The second kappa shape index (κ2) is 11.7. The number of allylic oxidation sites excluding steroid dienone is 1. The smallest absolute Gasteiger partial charge is 0.0998 e. The molecule has 48 heavy (non-hydrogen) atoms. The number of hydrogen-bond acceptors (Lipinski definition) is 2. The number of fused-ring (bicyclic) bond motifs is 8. The molecule has 1 aliphatic carbocycles. The van der Waals surface area contributed by atoms with Crippen molar-refractivity contribution in [1.82, 2.24) is 4.40 Å². The van der Waals surface area contributed by atoms with E-state index in [4.69, 9.17) is 0 Å². The number of nitrogens with zero attached hydrogens (tertiary/aromatic N) is 3. The fraction of sp³-hybridized carbons (Fsp3) is 0.333. The van der Waals surface area contributed by atoms with Crippen molar-refractivity contribution < 1.29 is 0 Å². The zero-order chi connectivity index (χ0) is 34.1. The molecule has 2 heterocycles. The molecule has 1 atom stereocenters. The lowest BCUT2D eigenvalue weighted by atomic mass is 9.82. The fourth-order valence-corrected chi connectivity index (χ4v) is 8.61. The van der Waals surface area contributed by atoms with Crippen LogP contribution < -0.4 is 0 Å². The molecule has 0 N–H and O–H groups in total. The van der Waals surface area contributed by atoms with Gasteiger partial charge in [0.25, 0.3) is 0 Å². The first-order valence-electron chi connectivity index (χ1n) is 17.6. The minimum Gasteiger partial charge on any atom is -0.308 e. The molecule has 0 spiro atoms. The molecule has 7 rings (SSSR count). The molecule has 0 radical (unpaired) electrons. The van der Waals surface area contributed by atoms with Crippen LogP contribution in [-0.4, -0.2) is 4.40 Å². The molecule has 2 aromatic heterocycles. The first-order valence-corrected chi connectivity index (χ1v) is 17.6. The highest BCUT2D eigenvalue weighted by molar-refractivity contribution is 6.27. The van der Waals surface area contributed by atoms with Gasteiger partial charge in [0.1, 0.15) is 0 Å². The van der Waals surface area contributed by atoms with E-state index in [1.807, 2.05) is 6.08 Å². The first-order chi connectivity index (χ1) is 23.0. The van der Waals surface area contributed by atoms with Gasteiger partial charge in [-0.25, -0.2) is 0 Å². The summed E-state index contributed by atoms with van der Waals surface area (Å²) in [4.78, 5) is 0. The Hall–Kier alpha value is -4.86. The van der Waals surface area contributed by atoms with Crippen LogP contribution in [0.5, 0.6) is 0 Å². The Balaban J connectivity index is 1.74.